The molecule has 9 heteroatoms. The van der Waals surface area contributed by atoms with E-state index >= 15 is 0 Å². The molecule has 0 saturated carbocycles. The number of amides is 1. The number of nitrogens with zero attached hydrogens (tertiary/aromatic N) is 3. The Hall–Kier alpha value is -1.68. The summed E-state index contributed by atoms with van der Waals surface area (Å²) in [5.41, 5.74) is 2.16. The number of fused-ring (bicyclic) bond motifs is 1. The van der Waals surface area contributed by atoms with Gasteiger partial charge in [0.15, 0.2) is 4.34 Å². The van der Waals surface area contributed by atoms with Gasteiger partial charge >= 0.3 is 5.97 Å². The average Bonchev–Trinajstić information content (AvgIpc) is 3.18. The largest absolute Gasteiger partial charge is 0.477 e. The maximum atomic E-state index is 12.4. The second kappa shape index (κ2) is 7.29. The lowest BCUT2D eigenvalue weighted by atomic mass is 9.79. The summed E-state index contributed by atoms with van der Waals surface area (Å²) in [6.07, 6.45) is 2.41. The van der Waals surface area contributed by atoms with Crippen molar-refractivity contribution in [1.82, 2.24) is 14.8 Å². The zero-order chi connectivity index (χ0) is 20.2. The molecule has 7 nitrogen and oxygen atoms in total. The molecule has 28 heavy (non-hydrogen) atoms. The number of hydrogen-bond acceptors (Lipinski definition) is 7. The van der Waals surface area contributed by atoms with Crippen LogP contribution in [0.15, 0.2) is 26.4 Å². The van der Waals surface area contributed by atoms with Crippen molar-refractivity contribution in [1.29, 1.82) is 0 Å². The van der Waals surface area contributed by atoms with Crippen molar-refractivity contribution in [3.05, 3.63) is 27.8 Å². The predicted octanol–water partition coefficient (Wildman–Crippen LogP) is 2.11. The highest BCUT2D eigenvalue weighted by atomic mass is 32.2. The van der Waals surface area contributed by atoms with E-state index in [9.17, 15) is 19.8 Å². The summed E-state index contributed by atoms with van der Waals surface area (Å²) in [6.45, 7) is 5.40. The van der Waals surface area contributed by atoms with Gasteiger partial charge in [0.2, 0.25) is 5.91 Å². The number of carbonyl (C=O) groups excluding carboxylic acids is 1. The van der Waals surface area contributed by atoms with E-state index < -0.39 is 18.0 Å². The number of carboxylic acids is 1. The molecule has 150 valence electrons. The fourth-order valence-corrected chi connectivity index (χ4v) is 6.40. The lowest BCUT2D eigenvalue weighted by Crippen LogP contribution is -2.63. The number of β-lactam (4-membered cyclic amide) rings is 1. The molecule has 4 rings (SSSR count). The average molecular weight is 422 g/mol. The third kappa shape index (κ3) is 3.10. The van der Waals surface area contributed by atoms with Gasteiger partial charge in [-0.1, -0.05) is 24.8 Å². The molecule has 3 aliphatic heterocycles. The summed E-state index contributed by atoms with van der Waals surface area (Å²) < 4.78 is 0.772. The molecule has 0 unspecified atom stereocenters. The van der Waals surface area contributed by atoms with E-state index in [2.05, 4.69) is 18.0 Å². The first-order valence-corrected chi connectivity index (χ1v) is 11.0. The Morgan fingerprint density at radius 3 is 2.86 bits per heavy atom. The molecule has 3 aliphatic rings. The van der Waals surface area contributed by atoms with E-state index in [-0.39, 0.29) is 23.6 Å². The van der Waals surface area contributed by atoms with Crippen LogP contribution in [0.25, 0.3) is 5.57 Å². The zero-order valence-electron chi connectivity index (χ0n) is 16.0. The van der Waals surface area contributed by atoms with Crippen molar-refractivity contribution in [3.63, 3.8) is 0 Å². The Morgan fingerprint density at radius 1 is 1.46 bits per heavy atom. The van der Waals surface area contributed by atoms with E-state index in [1.54, 1.807) is 6.92 Å². The highest BCUT2D eigenvalue weighted by Crippen LogP contribution is 2.52. The minimum atomic E-state index is -1.11. The van der Waals surface area contributed by atoms with Crippen LogP contribution < -0.4 is 0 Å². The smallest absolute Gasteiger partial charge is 0.353 e. The van der Waals surface area contributed by atoms with Crippen LogP contribution in [0.5, 0.6) is 0 Å². The molecule has 0 radical (unpaired) electrons. The number of thioether (sulfide) groups is 1. The molecule has 2 N–H and O–H groups in total. The molecular weight excluding hydrogens is 398 g/mol. The van der Waals surface area contributed by atoms with Gasteiger partial charge in [0, 0.05) is 29.3 Å². The van der Waals surface area contributed by atoms with Crippen LogP contribution in [0.3, 0.4) is 0 Å². The SMILES string of the molecule is C[C@@H](O)[C@H]1C(=O)N2C(C(=O)O)=C(Sc3nc(C4=CCCN(C)C4)cs3)[C@H](C)[C@H]12. The highest BCUT2D eigenvalue weighted by molar-refractivity contribution is 8.04. The van der Waals surface area contributed by atoms with Crippen molar-refractivity contribution in [2.24, 2.45) is 11.8 Å². The third-order valence-corrected chi connectivity index (χ3v) is 7.89. The Labute approximate surface area is 171 Å². The first-order chi connectivity index (χ1) is 13.3. The maximum Gasteiger partial charge on any atom is 0.353 e. The number of aromatic nitrogens is 1. The lowest BCUT2D eigenvalue weighted by molar-refractivity contribution is -0.163. The summed E-state index contributed by atoms with van der Waals surface area (Å²) >= 11 is 2.82. The van der Waals surface area contributed by atoms with Crippen LogP contribution in [0.1, 0.15) is 26.0 Å². The molecule has 1 saturated heterocycles. The van der Waals surface area contributed by atoms with Gasteiger partial charge in [0.05, 0.1) is 23.8 Å². The number of carbonyl (C=O) groups is 2. The molecular formula is C19H23N3O4S2. The minimum absolute atomic E-state index is 0.0396. The predicted molar refractivity (Wildman–Crippen MR) is 108 cm³/mol. The summed E-state index contributed by atoms with van der Waals surface area (Å²) in [5.74, 6) is -2.12. The van der Waals surface area contributed by atoms with Crippen LogP contribution in [0, 0.1) is 11.8 Å². The highest BCUT2D eigenvalue weighted by Gasteiger charge is 2.60. The molecule has 4 heterocycles. The standard InChI is InChI=1S/C19H23N3O4S2/c1-9-14-13(10(2)23)17(24)22(14)15(18(25)26)16(9)28-19-20-12(8-27-19)11-5-4-6-21(3)7-11/h5,8-10,13-14,23H,4,6-7H2,1-3H3,(H,25,26)/t9-,10-,13-,14-/m1/s1. The van der Waals surface area contributed by atoms with Crippen LogP contribution >= 0.6 is 23.1 Å². The van der Waals surface area contributed by atoms with Gasteiger partial charge in [-0.25, -0.2) is 9.78 Å². The monoisotopic (exact) mass is 421 g/mol. The summed E-state index contributed by atoms with van der Waals surface area (Å²) in [5, 5.41) is 21.7. The topological polar surface area (TPSA) is 94.0 Å². The third-order valence-electron chi connectivity index (χ3n) is 5.66. The first-order valence-electron chi connectivity index (χ1n) is 9.29. The Kier molecular flexibility index (Phi) is 5.11. The van der Waals surface area contributed by atoms with Crippen molar-refractivity contribution in [2.45, 2.75) is 36.8 Å². The molecule has 1 amide bonds. The Balaban J connectivity index is 1.60. The fourth-order valence-electron chi connectivity index (χ4n) is 4.28. The number of likely N-dealkylation sites (N-methyl/N-ethyl adjacent to an activating group) is 1. The van der Waals surface area contributed by atoms with Gasteiger partial charge in [-0.3, -0.25) is 4.79 Å². The van der Waals surface area contributed by atoms with Crippen molar-refractivity contribution in [3.8, 4) is 0 Å². The second-order valence-electron chi connectivity index (χ2n) is 7.63. The molecule has 1 fully saturated rings. The maximum absolute atomic E-state index is 12.4. The van der Waals surface area contributed by atoms with Crippen molar-refractivity contribution in [2.75, 3.05) is 20.1 Å². The van der Waals surface area contributed by atoms with Crippen LogP contribution in [-0.4, -0.2) is 69.2 Å². The fraction of sp³-hybridized carbons (Fsp3) is 0.526. The Morgan fingerprint density at radius 2 is 2.21 bits per heavy atom. The summed E-state index contributed by atoms with van der Waals surface area (Å²) in [6, 6.07) is -0.296. The second-order valence-corrected chi connectivity index (χ2v) is 9.78. The van der Waals surface area contributed by atoms with Crippen LogP contribution in [0.4, 0.5) is 0 Å². The lowest BCUT2D eigenvalue weighted by Gasteiger charge is -2.46. The van der Waals surface area contributed by atoms with Gasteiger partial charge in [-0.05, 0) is 26.0 Å². The van der Waals surface area contributed by atoms with Crippen molar-refractivity contribution >= 4 is 40.5 Å². The number of hydrogen-bond donors (Lipinski definition) is 2. The van der Waals surface area contributed by atoms with E-state index in [4.69, 9.17) is 4.98 Å². The van der Waals surface area contributed by atoms with Crippen LogP contribution in [0.2, 0.25) is 0 Å². The van der Waals surface area contributed by atoms with Crippen molar-refractivity contribution < 1.29 is 19.8 Å². The quantitative estimate of drug-likeness (QED) is 0.703. The van der Waals surface area contributed by atoms with Gasteiger partial charge in [0.1, 0.15) is 5.70 Å². The van der Waals surface area contributed by atoms with Gasteiger partial charge in [-0.15, -0.1) is 11.3 Å². The number of aliphatic hydroxyl groups excluding tert-OH is 1. The Bertz CT molecular complexity index is 891. The van der Waals surface area contributed by atoms with E-state index in [0.717, 1.165) is 29.5 Å². The van der Waals surface area contributed by atoms with E-state index in [1.807, 2.05) is 12.3 Å². The number of rotatable bonds is 5. The first kappa shape index (κ1) is 19.6. The molecule has 0 aliphatic carbocycles. The molecule has 0 aromatic carbocycles. The molecule has 1 aromatic heterocycles. The zero-order valence-corrected chi connectivity index (χ0v) is 17.6. The molecule has 4 atom stereocenters. The number of aliphatic carboxylic acids is 1. The number of thiazole rings is 1. The number of aliphatic hydroxyl groups is 1. The minimum Gasteiger partial charge on any atom is -0.477 e. The summed E-state index contributed by atoms with van der Waals surface area (Å²) in [4.78, 5) is 33.3. The van der Waals surface area contributed by atoms with E-state index in [0.29, 0.717) is 4.91 Å². The van der Waals surface area contributed by atoms with Crippen LogP contribution in [-0.2, 0) is 9.59 Å². The molecule has 1 aromatic rings. The molecule has 0 spiro atoms. The normalized spacial score (nSPS) is 28.9. The van der Waals surface area contributed by atoms with Gasteiger partial charge in [-0.2, -0.15) is 0 Å². The summed E-state index contributed by atoms with van der Waals surface area (Å²) in [7, 11) is 2.08. The van der Waals surface area contributed by atoms with Gasteiger partial charge < -0.3 is 20.0 Å². The number of carboxylic acid groups (broad SMARTS) is 1. The van der Waals surface area contributed by atoms with E-state index in [1.165, 1.54) is 33.6 Å². The van der Waals surface area contributed by atoms with Gasteiger partial charge in [0.25, 0.3) is 0 Å². The molecule has 0 bridgehead atoms.